The number of nitrogens with one attached hydrogen (secondary N) is 1. The molecule has 0 saturated carbocycles. The van der Waals surface area contributed by atoms with Crippen molar-refractivity contribution >= 4 is 21.4 Å². The van der Waals surface area contributed by atoms with Crippen LogP contribution < -0.4 is 10.1 Å². The molecule has 114 valence electrons. The minimum atomic E-state index is -3.02. The van der Waals surface area contributed by atoms with Crippen LogP contribution in [0, 0.1) is 0 Å². The molecule has 0 amide bonds. The Morgan fingerprint density at radius 2 is 2.05 bits per heavy atom. The van der Waals surface area contributed by atoms with Gasteiger partial charge >= 0.3 is 0 Å². The van der Waals surface area contributed by atoms with Gasteiger partial charge in [0.1, 0.15) is 12.4 Å². The van der Waals surface area contributed by atoms with Crippen LogP contribution in [0.25, 0.3) is 0 Å². The topological polar surface area (TPSA) is 64.6 Å². The van der Waals surface area contributed by atoms with E-state index in [0.29, 0.717) is 23.9 Å². The summed E-state index contributed by atoms with van der Waals surface area (Å²) < 4.78 is 32.3. The molecule has 1 N–H and O–H groups in total. The van der Waals surface area contributed by atoms with Crippen molar-refractivity contribution in [3.8, 4) is 5.75 Å². The predicted molar refractivity (Wildman–Crippen MR) is 80.2 cm³/mol. The molecule has 0 radical (unpaired) electrons. The lowest BCUT2D eigenvalue weighted by molar-refractivity contribution is 0.199. The molecule has 0 aromatic heterocycles. The number of hydrogen-bond acceptors (Lipinski definition) is 5. The highest BCUT2D eigenvalue weighted by Crippen LogP contribution is 2.25. The van der Waals surface area contributed by atoms with Crippen LogP contribution in [0.4, 0.5) is 0 Å². The average molecular weight is 322 g/mol. The third kappa shape index (κ3) is 7.09. The molecule has 1 rings (SSSR count). The Kier molecular flexibility index (Phi) is 7.29. The highest BCUT2D eigenvalue weighted by molar-refractivity contribution is 7.90. The monoisotopic (exact) mass is 321 g/mol. The first kappa shape index (κ1) is 17.2. The van der Waals surface area contributed by atoms with E-state index in [1.54, 1.807) is 19.2 Å². The maximum Gasteiger partial charge on any atom is 0.150 e. The van der Waals surface area contributed by atoms with Crippen molar-refractivity contribution in [3.05, 3.63) is 28.8 Å². The molecule has 0 fully saturated rings. The van der Waals surface area contributed by atoms with E-state index in [-0.39, 0.29) is 12.4 Å². The summed E-state index contributed by atoms with van der Waals surface area (Å²) in [5, 5.41) is 3.69. The molecule has 0 spiro atoms. The number of sulfone groups is 1. The maximum atomic E-state index is 11.0. The van der Waals surface area contributed by atoms with Crippen molar-refractivity contribution in [3.63, 3.8) is 0 Å². The zero-order valence-electron chi connectivity index (χ0n) is 11.7. The Morgan fingerprint density at radius 1 is 1.30 bits per heavy atom. The molecular formula is C13H20ClNO4S. The van der Waals surface area contributed by atoms with Gasteiger partial charge in [-0.15, -0.1) is 0 Å². The Morgan fingerprint density at radius 3 is 2.65 bits per heavy atom. The lowest BCUT2D eigenvalue weighted by Gasteiger charge is -2.10. The van der Waals surface area contributed by atoms with E-state index in [2.05, 4.69) is 5.32 Å². The van der Waals surface area contributed by atoms with E-state index in [1.807, 2.05) is 6.07 Å². The Balaban J connectivity index is 2.46. The lowest BCUT2D eigenvalue weighted by Crippen LogP contribution is -2.18. The number of ether oxygens (including phenoxy) is 2. The molecule has 1 aromatic rings. The minimum absolute atomic E-state index is 0.0242. The Bertz CT molecular complexity index is 519. The molecule has 0 aliphatic rings. The molecular weight excluding hydrogens is 302 g/mol. The lowest BCUT2D eigenvalue weighted by atomic mass is 10.2. The van der Waals surface area contributed by atoms with Gasteiger partial charge in [0.25, 0.3) is 0 Å². The summed E-state index contributed by atoms with van der Waals surface area (Å²) in [6, 6.07) is 5.44. The van der Waals surface area contributed by atoms with Crippen LogP contribution in [0.3, 0.4) is 0 Å². The first-order chi connectivity index (χ1) is 9.42. The van der Waals surface area contributed by atoms with Crippen molar-refractivity contribution in [1.82, 2.24) is 5.32 Å². The molecule has 0 aliphatic heterocycles. The van der Waals surface area contributed by atoms with E-state index in [0.717, 1.165) is 12.1 Å². The number of methoxy groups -OCH3 is 1. The second-order valence-electron chi connectivity index (χ2n) is 4.41. The second kappa shape index (κ2) is 8.46. The number of rotatable bonds is 9. The third-order valence-corrected chi connectivity index (χ3v) is 3.72. The largest absolute Gasteiger partial charge is 0.491 e. The number of benzene rings is 1. The van der Waals surface area contributed by atoms with E-state index in [4.69, 9.17) is 21.1 Å². The summed E-state index contributed by atoms with van der Waals surface area (Å²) in [7, 11) is -1.37. The van der Waals surface area contributed by atoms with Crippen LogP contribution in [-0.4, -0.2) is 47.3 Å². The SMILES string of the molecule is COCCNCc1ccc(OCCS(C)(=O)=O)c(Cl)c1. The fourth-order valence-corrected chi connectivity index (χ4v) is 2.13. The van der Waals surface area contributed by atoms with E-state index in [1.165, 1.54) is 6.26 Å². The van der Waals surface area contributed by atoms with Gasteiger partial charge in [0, 0.05) is 26.5 Å². The van der Waals surface area contributed by atoms with Gasteiger partial charge in [-0.25, -0.2) is 8.42 Å². The van der Waals surface area contributed by atoms with Crippen molar-refractivity contribution < 1.29 is 17.9 Å². The van der Waals surface area contributed by atoms with Crippen molar-refractivity contribution in [1.29, 1.82) is 0 Å². The summed E-state index contributed by atoms with van der Waals surface area (Å²) in [6.07, 6.45) is 1.17. The highest BCUT2D eigenvalue weighted by Gasteiger charge is 2.06. The van der Waals surface area contributed by atoms with E-state index >= 15 is 0 Å². The van der Waals surface area contributed by atoms with Gasteiger partial charge in [-0.05, 0) is 17.7 Å². The van der Waals surface area contributed by atoms with Gasteiger partial charge in [-0.3, -0.25) is 0 Å². The first-order valence-corrected chi connectivity index (χ1v) is 8.65. The summed E-state index contributed by atoms with van der Waals surface area (Å²) in [5.74, 6) is 0.472. The molecule has 0 heterocycles. The van der Waals surface area contributed by atoms with Crippen LogP contribution in [0.1, 0.15) is 5.56 Å². The molecule has 5 nitrogen and oxygen atoms in total. The molecule has 7 heteroatoms. The summed E-state index contributed by atoms with van der Waals surface area (Å²) in [6.45, 7) is 2.21. The zero-order valence-corrected chi connectivity index (χ0v) is 13.3. The van der Waals surface area contributed by atoms with Crippen LogP contribution in [-0.2, 0) is 21.1 Å². The predicted octanol–water partition coefficient (Wildman–Crippen LogP) is 1.50. The first-order valence-electron chi connectivity index (χ1n) is 6.21. The smallest absolute Gasteiger partial charge is 0.150 e. The molecule has 0 unspecified atom stereocenters. The van der Waals surface area contributed by atoms with Crippen molar-refractivity contribution in [2.24, 2.45) is 0 Å². The van der Waals surface area contributed by atoms with Gasteiger partial charge < -0.3 is 14.8 Å². The fraction of sp³-hybridized carbons (Fsp3) is 0.538. The maximum absolute atomic E-state index is 11.0. The molecule has 0 saturated heterocycles. The fourth-order valence-electron chi connectivity index (χ4n) is 1.48. The summed E-state index contributed by atoms with van der Waals surface area (Å²) in [4.78, 5) is 0. The zero-order chi connectivity index (χ0) is 15.0. The average Bonchev–Trinajstić information content (AvgIpc) is 2.36. The molecule has 0 atom stereocenters. The van der Waals surface area contributed by atoms with Gasteiger partial charge in [-0.1, -0.05) is 17.7 Å². The second-order valence-corrected chi connectivity index (χ2v) is 7.08. The van der Waals surface area contributed by atoms with Crippen molar-refractivity contribution in [2.75, 3.05) is 38.9 Å². The van der Waals surface area contributed by atoms with Crippen LogP contribution >= 0.6 is 11.6 Å². The van der Waals surface area contributed by atoms with Crippen LogP contribution in [0.2, 0.25) is 5.02 Å². The Labute approximate surface area is 125 Å². The number of hydrogen-bond donors (Lipinski definition) is 1. The summed E-state index contributed by atoms with van der Waals surface area (Å²) in [5.41, 5.74) is 1.03. The van der Waals surface area contributed by atoms with Gasteiger partial charge in [-0.2, -0.15) is 0 Å². The summed E-state index contributed by atoms with van der Waals surface area (Å²) >= 11 is 6.09. The number of halogens is 1. The Hall–Kier alpha value is -0.820. The molecule has 0 aliphatic carbocycles. The molecule has 1 aromatic carbocycles. The third-order valence-electron chi connectivity index (χ3n) is 2.52. The van der Waals surface area contributed by atoms with Gasteiger partial charge in [0.05, 0.1) is 17.4 Å². The van der Waals surface area contributed by atoms with E-state index < -0.39 is 9.84 Å². The molecule has 20 heavy (non-hydrogen) atoms. The minimum Gasteiger partial charge on any atom is -0.491 e. The van der Waals surface area contributed by atoms with Gasteiger partial charge in [0.15, 0.2) is 9.84 Å². The standard InChI is InChI=1S/C13H20ClNO4S/c1-18-6-5-15-10-11-3-4-13(12(14)9-11)19-7-8-20(2,16)17/h3-4,9,15H,5-8,10H2,1-2H3. The van der Waals surface area contributed by atoms with Crippen molar-refractivity contribution in [2.45, 2.75) is 6.54 Å². The highest BCUT2D eigenvalue weighted by atomic mass is 35.5. The van der Waals surface area contributed by atoms with E-state index in [9.17, 15) is 8.42 Å². The van der Waals surface area contributed by atoms with Crippen LogP contribution in [0.15, 0.2) is 18.2 Å². The quantitative estimate of drug-likeness (QED) is 0.698. The van der Waals surface area contributed by atoms with Gasteiger partial charge in [0.2, 0.25) is 0 Å². The van der Waals surface area contributed by atoms with Crippen LogP contribution in [0.5, 0.6) is 5.75 Å². The molecule has 0 bridgehead atoms. The normalized spacial score (nSPS) is 11.6.